The van der Waals surface area contributed by atoms with Gasteiger partial charge in [0.1, 0.15) is 17.9 Å². The number of halogens is 3. The lowest BCUT2D eigenvalue weighted by molar-refractivity contribution is -0.147. The molecule has 1 saturated heterocycles. The molecule has 0 aromatic carbocycles. The van der Waals surface area contributed by atoms with E-state index in [4.69, 9.17) is 9.47 Å². The van der Waals surface area contributed by atoms with Crippen LogP contribution in [0.2, 0.25) is 0 Å². The Morgan fingerprint density at radius 3 is 2.54 bits per heavy atom. The Labute approximate surface area is 159 Å². The molecule has 1 aliphatic heterocycles. The minimum atomic E-state index is -4.58. The van der Waals surface area contributed by atoms with Crippen molar-refractivity contribution in [1.29, 1.82) is 0 Å². The molecule has 0 bridgehead atoms. The van der Waals surface area contributed by atoms with Crippen LogP contribution in [0.3, 0.4) is 0 Å². The largest absolute Gasteiger partial charge is 0.466 e. The van der Waals surface area contributed by atoms with Gasteiger partial charge in [-0.2, -0.15) is 13.2 Å². The molecule has 1 aromatic rings. The van der Waals surface area contributed by atoms with Crippen LogP contribution in [0.4, 0.5) is 18.0 Å². The van der Waals surface area contributed by atoms with Gasteiger partial charge in [-0.25, -0.2) is 4.79 Å². The van der Waals surface area contributed by atoms with Crippen LogP contribution >= 0.6 is 0 Å². The van der Waals surface area contributed by atoms with Crippen LogP contribution in [0.15, 0.2) is 18.3 Å². The Bertz CT molecular complexity index is 721. The molecule has 0 radical (unpaired) electrons. The van der Waals surface area contributed by atoms with Gasteiger partial charge in [-0.05, 0) is 31.4 Å². The minimum Gasteiger partial charge on any atom is -0.466 e. The number of amides is 1. The quantitative estimate of drug-likeness (QED) is 0.556. The van der Waals surface area contributed by atoms with Gasteiger partial charge >= 0.3 is 18.2 Å². The first-order valence-corrected chi connectivity index (χ1v) is 8.73. The summed E-state index contributed by atoms with van der Waals surface area (Å²) in [6.07, 6.45) is -4.10. The molecule has 10 heteroatoms. The molecular weight excluding hydrogens is 381 g/mol. The van der Waals surface area contributed by atoms with Gasteiger partial charge in [0, 0.05) is 18.7 Å². The Kier molecular flexibility index (Phi) is 6.98. The summed E-state index contributed by atoms with van der Waals surface area (Å²) in [6, 6.07) is 1.37. The molecule has 1 aliphatic rings. The monoisotopic (exact) mass is 402 g/mol. The first-order chi connectivity index (χ1) is 13.2. The second-order valence-electron chi connectivity index (χ2n) is 6.32. The smallest absolute Gasteiger partial charge is 0.433 e. The number of methoxy groups -OCH3 is 1. The number of pyridine rings is 1. The van der Waals surface area contributed by atoms with Crippen LogP contribution in [0, 0.1) is 5.92 Å². The average molecular weight is 402 g/mol. The minimum absolute atomic E-state index is 0.153. The molecule has 0 N–H and O–H groups in total. The van der Waals surface area contributed by atoms with Crippen LogP contribution < -0.4 is 0 Å². The van der Waals surface area contributed by atoms with Crippen LogP contribution in [-0.4, -0.2) is 48.0 Å². The highest BCUT2D eigenvalue weighted by Gasteiger charge is 2.38. The van der Waals surface area contributed by atoms with E-state index in [1.807, 2.05) is 0 Å². The summed E-state index contributed by atoms with van der Waals surface area (Å²) in [5, 5.41) is 0. The topological polar surface area (TPSA) is 85.8 Å². The third-order valence-electron chi connectivity index (χ3n) is 4.55. The van der Waals surface area contributed by atoms with Crippen molar-refractivity contribution in [1.82, 2.24) is 9.88 Å². The Morgan fingerprint density at radius 1 is 1.29 bits per heavy atom. The summed E-state index contributed by atoms with van der Waals surface area (Å²) in [7, 11) is 1.20. The number of alkyl halides is 3. The predicted octanol–water partition coefficient (Wildman–Crippen LogP) is 3.14. The average Bonchev–Trinajstić information content (AvgIpc) is 2.66. The predicted molar refractivity (Wildman–Crippen MR) is 90.1 cm³/mol. The van der Waals surface area contributed by atoms with Crippen LogP contribution in [0.1, 0.15) is 43.5 Å². The van der Waals surface area contributed by atoms with Gasteiger partial charge in [0.15, 0.2) is 0 Å². The molecule has 154 valence electrons. The lowest BCUT2D eigenvalue weighted by Crippen LogP contribution is -2.43. The zero-order valence-electron chi connectivity index (χ0n) is 15.5. The summed E-state index contributed by atoms with van der Waals surface area (Å²) >= 11 is 0. The molecule has 0 spiro atoms. The number of esters is 1. The van der Waals surface area contributed by atoms with E-state index in [0.29, 0.717) is 12.0 Å². The molecular formula is C18H21F3N2O5. The standard InChI is InChI=1S/C18H21F3N2O5/c1-3-28-16(25)9-14(24)11-6-7-23(17(26)27-2)13(8-11)12-4-5-15(22-10-12)18(19,20)21/h4-5,10-11,13H,3,6-9H2,1-2H3/t11-,13+/m0/s1. The van der Waals surface area contributed by atoms with E-state index in [-0.39, 0.29) is 31.8 Å². The second-order valence-corrected chi connectivity index (χ2v) is 6.32. The number of ether oxygens (including phenoxy) is 2. The van der Waals surface area contributed by atoms with Crippen molar-refractivity contribution in [2.75, 3.05) is 20.3 Å². The van der Waals surface area contributed by atoms with E-state index in [9.17, 15) is 27.6 Å². The number of rotatable bonds is 5. The van der Waals surface area contributed by atoms with Crippen molar-refractivity contribution >= 4 is 17.8 Å². The number of aromatic nitrogens is 1. The van der Waals surface area contributed by atoms with Gasteiger partial charge in [-0.3, -0.25) is 14.6 Å². The summed E-state index contributed by atoms with van der Waals surface area (Å²) in [4.78, 5) is 40.8. The number of Topliss-reactive ketones (excluding diaryl/α,β-unsaturated/α-hetero) is 1. The maximum atomic E-state index is 12.7. The number of carbonyl (C=O) groups excluding carboxylic acids is 3. The van der Waals surface area contributed by atoms with E-state index in [0.717, 1.165) is 12.3 Å². The van der Waals surface area contributed by atoms with Gasteiger partial charge in [0.05, 0.1) is 19.8 Å². The molecule has 2 atom stereocenters. The molecule has 0 unspecified atom stereocenters. The SMILES string of the molecule is CCOC(=O)CC(=O)[C@H]1CCN(C(=O)OC)[C@@H](c2ccc(C(F)(F)F)nc2)C1. The number of ketones is 1. The Balaban J connectivity index is 2.21. The molecule has 7 nitrogen and oxygen atoms in total. The molecule has 2 rings (SSSR count). The van der Waals surface area contributed by atoms with Crippen molar-refractivity contribution in [3.05, 3.63) is 29.6 Å². The number of hydrogen-bond acceptors (Lipinski definition) is 6. The van der Waals surface area contributed by atoms with Crippen molar-refractivity contribution in [3.63, 3.8) is 0 Å². The number of carbonyl (C=O) groups is 3. The zero-order chi connectivity index (χ0) is 20.9. The van der Waals surface area contributed by atoms with E-state index in [2.05, 4.69) is 4.98 Å². The number of likely N-dealkylation sites (tertiary alicyclic amines) is 1. The highest BCUT2D eigenvalue weighted by molar-refractivity contribution is 5.96. The summed E-state index contributed by atoms with van der Waals surface area (Å²) in [6.45, 7) is 1.95. The van der Waals surface area contributed by atoms with Crippen LogP contribution in [0.25, 0.3) is 0 Å². The third kappa shape index (κ3) is 5.20. The first-order valence-electron chi connectivity index (χ1n) is 8.73. The molecule has 1 aromatic heterocycles. The van der Waals surface area contributed by atoms with E-state index >= 15 is 0 Å². The van der Waals surface area contributed by atoms with Crippen LogP contribution in [0.5, 0.6) is 0 Å². The fourth-order valence-corrected chi connectivity index (χ4v) is 3.18. The van der Waals surface area contributed by atoms with E-state index in [1.165, 1.54) is 18.1 Å². The van der Waals surface area contributed by atoms with E-state index < -0.39 is 35.9 Å². The molecule has 2 heterocycles. The van der Waals surface area contributed by atoms with Gasteiger partial charge in [-0.1, -0.05) is 6.07 Å². The van der Waals surface area contributed by atoms with Gasteiger partial charge in [0.2, 0.25) is 0 Å². The maximum Gasteiger partial charge on any atom is 0.433 e. The normalized spacial score (nSPS) is 19.8. The highest BCUT2D eigenvalue weighted by Crippen LogP contribution is 2.36. The summed E-state index contributed by atoms with van der Waals surface area (Å²) in [5.41, 5.74) is -0.696. The molecule has 1 amide bonds. The third-order valence-corrected chi connectivity index (χ3v) is 4.55. The number of piperidine rings is 1. The van der Waals surface area contributed by atoms with Gasteiger partial charge in [-0.15, -0.1) is 0 Å². The zero-order valence-corrected chi connectivity index (χ0v) is 15.5. The van der Waals surface area contributed by atoms with Gasteiger partial charge < -0.3 is 14.4 Å². The number of hydrogen-bond donors (Lipinski definition) is 0. The second kappa shape index (κ2) is 9.03. The fraction of sp³-hybridized carbons (Fsp3) is 0.556. The molecule has 0 aliphatic carbocycles. The molecule has 1 fully saturated rings. The summed E-state index contributed by atoms with van der Waals surface area (Å²) < 4.78 is 47.7. The van der Waals surface area contributed by atoms with Crippen molar-refractivity contribution < 1.29 is 37.0 Å². The Hall–Kier alpha value is -2.65. The molecule has 28 heavy (non-hydrogen) atoms. The van der Waals surface area contributed by atoms with Crippen molar-refractivity contribution in [2.24, 2.45) is 5.92 Å². The lowest BCUT2D eigenvalue weighted by atomic mass is 9.84. The van der Waals surface area contributed by atoms with Crippen molar-refractivity contribution in [2.45, 2.75) is 38.4 Å². The van der Waals surface area contributed by atoms with Crippen LogP contribution in [-0.2, 0) is 25.2 Å². The Morgan fingerprint density at radius 2 is 2.00 bits per heavy atom. The lowest BCUT2D eigenvalue weighted by Gasteiger charge is -2.38. The summed E-state index contributed by atoms with van der Waals surface area (Å²) in [5.74, 6) is -1.49. The fourth-order valence-electron chi connectivity index (χ4n) is 3.18. The number of nitrogens with zero attached hydrogens (tertiary/aromatic N) is 2. The van der Waals surface area contributed by atoms with E-state index in [1.54, 1.807) is 6.92 Å². The maximum absolute atomic E-state index is 12.7. The first kappa shape index (κ1) is 21.6. The molecule has 0 saturated carbocycles. The van der Waals surface area contributed by atoms with Crippen molar-refractivity contribution in [3.8, 4) is 0 Å². The van der Waals surface area contributed by atoms with Gasteiger partial charge in [0.25, 0.3) is 0 Å². The highest BCUT2D eigenvalue weighted by atomic mass is 19.4.